The molecule has 8 nitrogen and oxygen atoms in total. The van der Waals surface area contributed by atoms with Gasteiger partial charge in [0.25, 0.3) is 5.69 Å². The number of nitrogens with zero attached hydrogens (tertiary/aromatic N) is 3. The van der Waals surface area contributed by atoms with Crippen molar-refractivity contribution in [3.63, 3.8) is 0 Å². The Kier molecular flexibility index (Phi) is 4.33. The lowest BCUT2D eigenvalue weighted by Gasteiger charge is -2.07. The SMILES string of the molecule is N/C(=N/O)c1ccc(Oc2cc([N+](=O)[O-])ccc2Br)cn1. The number of ether oxygens (including phenoxy) is 1. The number of non-ortho nitro benzene ring substituents is 1. The number of rotatable bonds is 4. The Morgan fingerprint density at radius 2 is 2.19 bits per heavy atom. The number of hydrogen-bond acceptors (Lipinski definition) is 6. The number of pyridine rings is 1. The van der Waals surface area contributed by atoms with E-state index >= 15 is 0 Å². The number of hydrogen-bond donors (Lipinski definition) is 2. The lowest BCUT2D eigenvalue weighted by Crippen LogP contribution is -2.14. The van der Waals surface area contributed by atoms with Gasteiger partial charge in [0.05, 0.1) is 21.7 Å². The van der Waals surface area contributed by atoms with Crippen LogP contribution in [0.1, 0.15) is 5.69 Å². The number of halogens is 1. The molecule has 0 unspecified atom stereocenters. The van der Waals surface area contributed by atoms with Crippen molar-refractivity contribution in [1.29, 1.82) is 0 Å². The van der Waals surface area contributed by atoms with Gasteiger partial charge < -0.3 is 15.7 Å². The van der Waals surface area contributed by atoms with Crippen LogP contribution in [0.15, 0.2) is 46.2 Å². The Morgan fingerprint density at radius 3 is 2.76 bits per heavy atom. The van der Waals surface area contributed by atoms with E-state index in [4.69, 9.17) is 15.7 Å². The summed E-state index contributed by atoms with van der Waals surface area (Å²) in [6.45, 7) is 0. The zero-order chi connectivity index (χ0) is 15.4. The molecule has 0 bridgehead atoms. The van der Waals surface area contributed by atoms with Crippen LogP contribution in [0.3, 0.4) is 0 Å². The van der Waals surface area contributed by atoms with Crippen LogP contribution in [0.5, 0.6) is 11.5 Å². The van der Waals surface area contributed by atoms with Crippen molar-refractivity contribution in [1.82, 2.24) is 4.98 Å². The van der Waals surface area contributed by atoms with Crippen molar-refractivity contribution in [2.24, 2.45) is 10.9 Å². The summed E-state index contributed by atoms with van der Waals surface area (Å²) in [4.78, 5) is 14.2. The van der Waals surface area contributed by atoms with Gasteiger partial charge in [0.2, 0.25) is 0 Å². The second kappa shape index (κ2) is 6.18. The zero-order valence-electron chi connectivity index (χ0n) is 10.4. The molecule has 2 rings (SSSR count). The molecular weight excluding hydrogens is 344 g/mol. The van der Waals surface area contributed by atoms with E-state index < -0.39 is 4.92 Å². The average molecular weight is 353 g/mol. The Morgan fingerprint density at radius 1 is 1.43 bits per heavy atom. The highest BCUT2D eigenvalue weighted by molar-refractivity contribution is 9.10. The summed E-state index contributed by atoms with van der Waals surface area (Å²) >= 11 is 3.25. The fourth-order valence-electron chi connectivity index (χ4n) is 1.45. The molecule has 0 atom stereocenters. The molecule has 108 valence electrons. The standard InChI is InChI=1S/C12H9BrN4O4/c13-9-3-1-7(17(19)20)5-11(9)21-8-2-4-10(15-6-8)12(14)16-18/h1-6,18H,(H2,14,16). The Bertz CT molecular complexity index is 703. The van der Waals surface area contributed by atoms with Gasteiger partial charge in [-0.2, -0.15) is 0 Å². The molecule has 21 heavy (non-hydrogen) atoms. The number of benzene rings is 1. The third-order valence-corrected chi connectivity index (χ3v) is 3.12. The molecule has 0 aliphatic carbocycles. The second-order valence-electron chi connectivity index (χ2n) is 3.84. The van der Waals surface area contributed by atoms with E-state index in [0.29, 0.717) is 10.2 Å². The van der Waals surface area contributed by atoms with Crippen LogP contribution >= 0.6 is 15.9 Å². The van der Waals surface area contributed by atoms with Crippen molar-refractivity contribution in [3.05, 3.63) is 56.8 Å². The van der Waals surface area contributed by atoms with Gasteiger partial charge in [-0.1, -0.05) is 5.16 Å². The number of amidine groups is 1. The molecule has 9 heteroatoms. The van der Waals surface area contributed by atoms with E-state index in [-0.39, 0.29) is 23.0 Å². The van der Waals surface area contributed by atoms with E-state index in [1.807, 2.05) is 0 Å². The normalized spacial score (nSPS) is 11.2. The van der Waals surface area contributed by atoms with Crippen molar-refractivity contribution in [3.8, 4) is 11.5 Å². The lowest BCUT2D eigenvalue weighted by molar-refractivity contribution is -0.384. The minimum Gasteiger partial charge on any atom is -0.454 e. The molecule has 1 aromatic heterocycles. The molecule has 1 aromatic carbocycles. The zero-order valence-corrected chi connectivity index (χ0v) is 12.0. The maximum atomic E-state index is 10.7. The van der Waals surface area contributed by atoms with Crippen LogP contribution in [0.25, 0.3) is 0 Å². The number of nitro benzene ring substituents is 1. The molecular formula is C12H9BrN4O4. The molecule has 0 radical (unpaired) electrons. The lowest BCUT2D eigenvalue weighted by atomic mass is 10.3. The summed E-state index contributed by atoms with van der Waals surface area (Å²) in [5.41, 5.74) is 5.58. The van der Waals surface area contributed by atoms with Gasteiger partial charge in [0, 0.05) is 6.07 Å². The third kappa shape index (κ3) is 3.45. The van der Waals surface area contributed by atoms with E-state index in [0.717, 1.165) is 0 Å². The fraction of sp³-hybridized carbons (Fsp3) is 0. The van der Waals surface area contributed by atoms with Crippen molar-refractivity contribution in [2.45, 2.75) is 0 Å². The van der Waals surface area contributed by atoms with E-state index in [9.17, 15) is 10.1 Å². The summed E-state index contributed by atoms with van der Waals surface area (Å²) in [6.07, 6.45) is 1.36. The summed E-state index contributed by atoms with van der Waals surface area (Å²) in [5.74, 6) is 0.506. The first kappa shape index (κ1) is 14.7. The summed E-state index contributed by atoms with van der Waals surface area (Å²) in [6, 6.07) is 7.21. The molecule has 2 aromatic rings. The Labute approximate surface area is 127 Å². The minimum atomic E-state index is -0.515. The molecule has 0 aliphatic rings. The molecule has 3 N–H and O–H groups in total. The smallest absolute Gasteiger partial charge is 0.273 e. The fourth-order valence-corrected chi connectivity index (χ4v) is 1.78. The Hall–Kier alpha value is -2.68. The predicted molar refractivity (Wildman–Crippen MR) is 77.6 cm³/mol. The van der Waals surface area contributed by atoms with Gasteiger partial charge in [-0.05, 0) is 34.1 Å². The number of nitrogens with two attached hydrogens (primary N) is 1. The van der Waals surface area contributed by atoms with E-state index in [1.165, 1.54) is 30.5 Å². The molecule has 0 saturated carbocycles. The van der Waals surface area contributed by atoms with Gasteiger partial charge in [-0.15, -0.1) is 0 Å². The highest BCUT2D eigenvalue weighted by atomic mass is 79.9. The van der Waals surface area contributed by atoms with Gasteiger partial charge in [-0.3, -0.25) is 10.1 Å². The van der Waals surface area contributed by atoms with Crippen molar-refractivity contribution >= 4 is 27.5 Å². The largest absolute Gasteiger partial charge is 0.454 e. The Balaban J connectivity index is 2.26. The monoisotopic (exact) mass is 352 g/mol. The maximum absolute atomic E-state index is 10.7. The van der Waals surface area contributed by atoms with Crippen LogP contribution in [0.4, 0.5) is 5.69 Å². The average Bonchev–Trinajstić information content (AvgIpc) is 2.49. The number of nitro groups is 1. The van der Waals surface area contributed by atoms with Gasteiger partial charge in [-0.25, -0.2) is 4.98 Å². The molecule has 0 spiro atoms. The molecule has 0 fully saturated rings. The van der Waals surface area contributed by atoms with Gasteiger partial charge >= 0.3 is 0 Å². The van der Waals surface area contributed by atoms with Crippen LogP contribution in [-0.4, -0.2) is 21.0 Å². The highest BCUT2D eigenvalue weighted by Gasteiger charge is 2.11. The summed E-state index contributed by atoms with van der Waals surface area (Å²) in [5, 5.41) is 22.1. The number of aromatic nitrogens is 1. The molecule has 1 heterocycles. The van der Waals surface area contributed by atoms with E-state index in [1.54, 1.807) is 6.07 Å². The first-order chi connectivity index (χ1) is 10.0. The maximum Gasteiger partial charge on any atom is 0.273 e. The minimum absolute atomic E-state index is 0.0885. The molecule has 0 saturated heterocycles. The third-order valence-electron chi connectivity index (χ3n) is 2.46. The predicted octanol–water partition coefficient (Wildman–Crippen LogP) is 2.64. The van der Waals surface area contributed by atoms with Crippen LogP contribution < -0.4 is 10.5 Å². The topological polar surface area (TPSA) is 124 Å². The number of oxime groups is 1. The first-order valence-corrected chi connectivity index (χ1v) is 6.36. The van der Waals surface area contributed by atoms with E-state index in [2.05, 4.69) is 26.1 Å². The van der Waals surface area contributed by atoms with Gasteiger partial charge in [0.15, 0.2) is 5.84 Å². The van der Waals surface area contributed by atoms with Crippen molar-refractivity contribution in [2.75, 3.05) is 0 Å². The quantitative estimate of drug-likeness (QED) is 0.286. The van der Waals surface area contributed by atoms with Crippen LogP contribution in [0, 0.1) is 10.1 Å². The first-order valence-electron chi connectivity index (χ1n) is 5.57. The van der Waals surface area contributed by atoms with Crippen LogP contribution in [0.2, 0.25) is 0 Å². The second-order valence-corrected chi connectivity index (χ2v) is 4.69. The van der Waals surface area contributed by atoms with Crippen molar-refractivity contribution < 1.29 is 14.9 Å². The van der Waals surface area contributed by atoms with Crippen LogP contribution in [-0.2, 0) is 0 Å². The summed E-state index contributed by atoms with van der Waals surface area (Å²) in [7, 11) is 0. The van der Waals surface area contributed by atoms with Gasteiger partial charge in [0.1, 0.15) is 17.2 Å². The molecule has 0 amide bonds. The molecule has 0 aliphatic heterocycles. The summed E-state index contributed by atoms with van der Waals surface area (Å²) < 4.78 is 6.07. The highest BCUT2D eigenvalue weighted by Crippen LogP contribution is 2.32.